The maximum absolute atomic E-state index is 12.5. The number of fused-ring (bicyclic) bond motifs is 2. The smallest absolute Gasteiger partial charge is 0.262 e. The second kappa shape index (κ2) is 4.96. The predicted octanol–water partition coefficient (Wildman–Crippen LogP) is 1.01. The lowest BCUT2D eigenvalue weighted by molar-refractivity contribution is 0.0880. The zero-order chi connectivity index (χ0) is 17.0. The second-order valence-corrected chi connectivity index (χ2v) is 5.89. The molecular weight excluding hydrogens is 378 g/mol. The molecule has 8 nitrogen and oxygen atoms in total. The van der Waals surface area contributed by atoms with Crippen molar-refractivity contribution in [3.8, 4) is 5.69 Å². The van der Waals surface area contributed by atoms with Crippen LogP contribution in [-0.2, 0) is 0 Å². The van der Waals surface area contributed by atoms with Crippen LogP contribution in [0.2, 0.25) is 0 Å². The van der Waals surface area contributed by atoms with Crippen LogP contribution < -0.4 is 16.6 Å². The Morgan fingerprint density at radius 2 is 1.83 bits per heavy atom. The fraction of sp³-hybridized carbons (Fsp3) is 0. The molecule has 9 heteroatoms. The van der Waals surface area contributed by atoms with E-state index < -0.39 is 17.4 Å². The number of nitrogens with two attached hydrogens (primary N) is 1. The van der Waals surface area contributed by atoms with E-state index >= 15 is 0 Å². The van der Waals surface area contributed by atoms with Gasteiger partial charge in [0.1, 0.15) is 11.3 Å². The van der Waals surface area contributed by atoms with Gasteiger partial charge >= 0.3 is 0 Å². The van der Waals surface area contributed by atoms with Crippen molar-refractivity contribution in [3.05, 3.63) is 56.5 Å². The fourth-order valence-electron chi connectivity index (χ4n) is 2.69. The summed E-state index contributed by atoms with van der Waals surface area (Å²) in [5, 5.41) is 2.13. The van der Waals surface area contributed by atoms with Gasteiger partial charge in [-0.3, -0.25) is 34.2 Å². The monoisotopic (exact) mass is 385 g/mol. The van der Waals surface area contributed by atoms with E-state index in [1.807, 2.05) is 0 Å². The summed E-state index contributed by atoms with van der Waals surface area (Å²) in [6.07, 6.45) is 3.08. The van der Waals surface area contributed by atoms with Gasteiger partial charge in [-0.1, -0.05) is 0 Å². The number of benzene rings is 1. The molecule has 0 saturated carbocycles. The van der Waals surface area contributed by atoms with Crippen molar-refractivity contribution in [3.63, 3.8) is 0 Å². The first-order valence-corrected chi connectivity index (χ1v) is 7.59. The van der Waals surface area contributed by atoms with Crippen molar-refractivity contribution in [1.82, 2.24) is 19.9 Å². The number of pyridine rings is 1. The number of imide groups is 1. The van der Waals surface area contributed by atoms with E-state index in [2.05, 4.69) is 31.2 Å². The molecule has 0 spiro atoms. The quantitative estimate of drug-likeness (QED) is 0.603. The topological polar surface area (TPSA) is 120 Å². The SMILES string of the molecule is Nc1c2c(cc(=O)n1-c1ccc3nccnc3c1Br)C(=O)NC2=O. The molecule has 1 aliphatic heterocycles. The van der Waals surface area contributed by atoms with Crippen LogP contribution in [0.3, 0.4) is 0 Å². The molecule has 0 radical (unpaired) electrons. The maximum atomic E-state index is 12.5. The van der Waals surface area contributed by atoms with Crippen LogP contribution in [0.5, 0.6) is 0 Å². The highest BCUT2D eigenvalue weighted by molar-refractivity contribution is 9.10. The van der Waals surface area contributed by atoms with Gasteiger partial charge in [-0.2, -0.15) is 0 Å². The Kier molecular flexibility index (Phi) is 3.00. The number of carbonyl (C=O) groups excluding carboxylic acids is 2. The van der Waals surface area contributed by atoms with Crippen molar-refractivity contribution >= 4 is 44.6 Å². The molecule has 0 bridgehead atoms. The summed E-state index contributed by atoms with van der Waals surface area (Å²) in [5.41, 5.74) is 7.05. The minimum Gasteiger partial charge on any atom is -0.384 e. The molecule has 3 N–H and O–H groups in total. The van der Waals surface area contributed by atoms with E-state index in [1.54, 1.807) is 18.3 Å². The molecule has 2 aromatic heterocycles. The Morgan fingerprint density at radius 1 is 1.08 bits per heavy atom. The molecule has 0 saturated heterocycles. The number of halogens is 1. The van der Waals surface area contributed by atoms with E-state index in [9.17, 15) is 14.4 Å². The Hall–Kier alpha value is -3.07. The highest BCUT2D eigenvalue weighted by Crippen LogP contribution is 2.30. The number of hydrogen-bond acceptors (Lipinski definition) is 6. The van der Waals surface area contributed by atoms with Gasteiger partial charge in [0.15, 0.2) is 0 Å². The molecule has 0 atom stereocenters. The molecule has 0 unspecified atom stereocenters. The van der Waals surface area contributed by atoms with Crippen LogP contribution in [-0.4, -0.2) is 26.3 Å². The van der Waals surface area contributed by atoms with E-state index in [0.717, 1.165) is 10.6 Å². The number of nitrogens with zero attached hydrogens (tertiary/aromatic N) is 3. The summed E-state index contributed by atoms with van der Waals surface area (Å²) < 4.78 is 1.67. The van der Waals surface area contributed by atoms with Crippen molar-refractivity contribution in [1.29, 1.82) is 0 Å². The molecule has 3 heterocycles. The minimum atomic E-state index is -0.630. The normalized spacial score (nSPS) is 13.2. The summed E-state index contributed by atoms with van der Waals surface area (Å²) in [4.78, 5) is 44.5. The third-order valence-corrected chi connectivity index (χ3v) is 4.53. The number of nitrogen functional groups attached to an aromatic ring is 1. The molecule has 3 aromatic rings. The van der Waals surface area contributed by atoms with E-state index in [-0.39, 0.29) is 16.9 Å². The Balaban J connectivity index is 2.07. The molecule has 4 rings (SSSR count). The van der Waals surface area contributed by atoms with Crippen molar-refractivity contribution in [2.24, 2.45) is 0 Å². The van der Waals surface area contributed by atoms with Crippen LogP contribution in [0.15, 0.2) is 39.9 Å². The van der Waals surface area contributed by atoms with Crippen molar-refractivity contribution < 1.29 is 9.59 Å². The van der Waals surface area contributed by atoms with E-state index in [4.69, 9.17) is 5.73 Å². The lowest BCUT2D eigenvalue weighted by atomic mass is 10.1. The summed E-state index contributed by atoms with van der Waals surface area (Å²) in [6.45, 7) is 0. The minimum absolute atomic E-state index is 0.00857. The summed E-state index contributed by atoms with van der Waals surface area (Å²) in [5.74, 6) is -1.36. The van der Waals surface area contributed by atoms with Gasteiger partial charge in [-0.25, -0.2) is 0 Å². The second-order valence-electron chi connectivity index (χ2n) is 5.10. The number of rotatable bonds is 1. The number of anilines is 1. The van der Waals surface area contributed by atoms with Crippen LogP contribution >= 0.6 is 15.9 Å². The fourth-order valence-corrected chi connectivity index (χ4v) is 3.31. The Labute approximate surface area is 142 Å². The third kappa shape index (κ3) is 1.88. The standard InChI is InChI=1S/C15H8BrN5O3/c16-11-8(2-1-7-12(11)19-4-3-18-7)21-9(22)5-6-10(13(21)17)15(24)20-14(6)23/h1-5H,17H2,(H,20,23,24). The van der Waals surface area contributed by atoms with E-state index in [0.29, 0.717) is 21.2 Å². The summed E-state index contributed by atoms with van der Waals surface area (Å²) >= 11 is 3.41. The molecular formula is C15H8BrN5O3. The first kappa shape index (κ1) is 14.5. The van der Waals surface area contributed by atoms with Crippen LogP contribution in [0.25, 0.3) is 16.7 Å². The number of nitrogens with one attached hydrogen (secondary N) is 1. The lowest BCUT2D eigenvalue weighted by Crippen LogP contribution is -2.24. The van der Waals surface area contributed by atoms with Gasteiger partial charge in [0, 0.05) is 18.5 Å². The highest BCUT2D eigenvalue weighted by Gasteiger charge is 2.32. The average Bonchev–Trinajstić information content (AvgIpc) is 2.84. The molecule has 1 aromatic carbocycles. The number of aromatic nitrogens is 3. The molecule has 0 fully saturated rings. The first-order valence-electron chi connectivity index (χ1n) is 6.80. The zero-order valence-corrected chi connectivity index (χ0v) is 13.5. The summed E-state index contributed by atoms with van der Waals surface area (Å²) in [7, 11) is 0. The first-order chi connectivity index (χ1) is 11.5. The predicted molar refractivity (Wildman–Crippen MR) is 89.0 cm³/mol. The largest absolute Gasteiger partial charge is 0.384 e. The molecule has 24 heavy (non-hydrogen) atoms. The van der Waals surface area contributed by atoms with Crippen LogP contribution in [0.1, 0.15) is 20.7 Å². The Morgan fingerprint density at radius 3 is 2.62 bits per heavy atom. The number of carbonyl (C=O) groups is 2. The zero-order valence-electron chi connectivity index (χ0n) is 11.9. The van der Waals surface area contributed by atoms with Gasteiger partial charge in [0.2, 0.25) is 0 Å². The van der Waals surface area contributed by atoms with Gasteiger partial charge < -0.3 is 5.73 Å². The molecule has 1 aliphatic rings. The van der Waals surface area contributed by atoms with Gasteiger partial charge in [-0.05, 0) is 28.1 Å². The molecule has 0 aliphatic carbocycles. The lowest BCUT2D eigenvalue weighted by Gasteiger charge is -2.14. The molecule has 118 valence electrons. The maximum Gasteiger partial charge on any atom is 0.262 e. The highest BCUT2D eigenvalue weighted by atomic mass is 79.9. The average molecular weight is 386 g/mol. The van der Waals surface area contributed by atoms with Gasteiger partial charge in [0.25, 0.3) is 17.4 Å². The van der Waals surface area contributed by atoms with Gasteiger partial charge in [0.05, 0.1) is 26.8 Å². The summed E-state index contributed by atoms with van der Waals surface area (Å²) in [6, 6.07) is 4.42. The third-order valence-electron chi connectivity index (χ3n) is 3.75. The number of amides is 2. The van der Waals surface area contributed by atoms with Crippen LogP contribution in [0.4, 0.5) is 5.82 Å². The van der Waals surface area contributed by atoms with E-state index in [1.165, 1.54) is 6.20 Å². The van der Waals surface area contributed by atoms with Crippen molar-refractivity contribution in [2.75, 3.05) is 5.73 Å². The molecule has 2 amide bonds. The Bertz CT molecular complexity index is 1120. The number of hydrogen-bond donors (Lipinski definition) is 2. The van der Waals surface area contributed by atoms with Crippen LogP contribution in [0, 0.1) is 0 Å². The van der Waals surface area contributed by atoms with Crippen molar-refractivity contribution in [2.45, 2.75) is 0 Å². The van der Waals surface area contributed by atoms with Gasteiger partial charge in [-0.15, -0.1) is 0 Å².